The molecular weight excluding hydrogens is 282 g/mol. The number of amides is 1. The number of nitrogens with zero attached hydrogens (tertiary/aromatic N) is 2. The van der Waals surface area contributed by atoms with Crippen molar-refractivity contribution in [3.05, 3.63) is 42.1 Å². The van der Waals surface area contributed by atoms with Gasteiger partial charge in [-0.2, -0.15) is 0 Å². The Balaban J connectivity index is 1.61. The van der Waals surface area contributed by atoms with Gasteiger partial charge in [-0.25, -0.2) is 0 Å². The Morgan fingerprint density at radius 3 is 2.73 bits per heavy atom. The summed E-state index contributed by atoms with van der Waals surface area (Å²) in [5, 5.41) is 10.7. The summed E-state index contributed by atoms with van der Waals surface area (Å²) in [4.78, 5) is 11.7. The van der Waals surface area contributed by atoms with E-state index in [9.17, 15) is 4.79 Å². The summed E-state index contributed by atoms with van der Waals surface area (Å²) in [5.41, 5.74) is 0. The molecule has 0 aliphatic heterocycles. The lowest BCUT2D eigenvalue weighted by molar-refractivity contribution is -0.121. The first kappa shape index (κ1) is 16.0. The van der Waals surface area contributed by atoms with Crippen molar-refractivity contribution < 1.29 is 13.9 Å². The van der Waals surface area contributed by atoms with Crippen molar-refractivity contribution in [1.82, 2.24) is 15.5 Å². The summed E-state index contributed by atoms with van der Waals surface area (Å²) in [7, 11) is 0. The topological polar surface area (TPSA) is 77.2 Å². The van der Waals surface area contributed by atoms with E-state index < -0.39 is 0 Å². The largest absolute Gasteiger partial charge is 0.493 e. The van der Waals surface area contributed by atoms with E-state index in [-0.39, 0.29) is 11.8 Å². The Morgan fingerprint density at radius 1 is 1.27 bits per heavy atom. The molecule has 1 heterocycles. The number of carbonyl (C=O) groups is 1. The summed E-state index contributed by atoms with van der Waals surface area (Å²) in [6.07, 6.45) is 0.848. The van der Waals surface area contributed by atoms with E-state index in [0.29, 0.717) is 37.8 Å². The van der Waals surface area contributed by atoms with Crippen molar-refractivity contribution in [2.75, 3.05) is 13.2 Å². The summed E-state index contributed by atoms with van der Waals surface area (Å²) in [6, 6.07) is 9.43. The van der Waals surface area contributed by atoms with Crippen LogP contribution < -0.4 is 10.1 Å². The Morgan fingerprint density at radius 2 is 2.05 bits per heavy atom. The molecule has 0 radical (unpaired) electrons. The number of ether oxygens (including phenoxy) is 1. The number of aromatic nitrogens is 2. The number of rotatable bonds is 8. The SMILES string of the molecule is CC(C)c1nnc(CCNC(=O)CCOc2ccccc2)o1. The number of benzene rings is 1. The van der Waals surface area contributed by atoms with Crippen molar-refractivity contribution in [2.24, 2.45) is 0 Å². The van der Waals surface area contributed by atoms with Gasteiger partial charge in [-0.15, -0.1) is 10.2 Å². The summed E-state index contributed by atoms with van der Waals surface area (Å²) < 4.78 is 10.9. The van der Waals surface area contributed by atoms with Gasteiger partial charge in [0.1, 0.15) is 5.75 Å². The molecule has 0 fully saturated rings. The van der Waals surface area contributed by atoms with Crippen LogP contribution >= 0.6 is 0 Å². The van der Waals surface area contributed by atoms with Gasteiger partial charge in [-0.3, -0.25) is 4.79 Å². The standard InChI is InChI=1S/C16H21N3O3/c1-12(2)16-19-18-15(22-16)8-10-17-14(20)9-11-21-13-6-4-3-5-7-13/h3-7,12H,8-11H2,1-2H3,(H,17,20). The van der Waals surface area contributed by atoms with Crippen LogP contribution in [0.1, 0.15) is 38.0 Å². The van der Waals surface area contributed by atoms with Gasteiger partial charge in [-0.05, 0) is 12.1 Å². The molecule has 0 aliphatic rings. The zero-order valence-electron chi connectivity index (χ0n) is 12.9. The molecule has 6 nitrogen and oxygen atoms in total. The van der Waals surface area contributed by atoms with Crippen LogP contribution in [0.25, 0.3) is 0 Å². The third-order valence-electron chi connectivity index (χ3n) is 2.98. The van der Waals surface area contributed by atoms with Crippen LogP contribution in [-0.4, -0.2) is 29.3 Å². The van der Waals surface area contributed by atoms with Gasteiger partial charge in [-0.1, -0.05) is 32.0 Å². The number of hydrogen-bond donors (Lipinski definition) is 1. The highest BCUT2D eigenvalue weighted by Crippen LogP contribution is 2.12. The molecule has 1 N–H and O–H groups in total. The van der Waals surface area contributed by atoms with Gasteiger partial charge >= 0.3 is 0 Å². The Bertz CT molecular complexity index is 581. The lowest BCUT2D eigenvalue weighted by Gasteiger charge is -2.06. The zero-order valence-corrected chi connectivity index (χ0v) is 12.9. The average molecular weight is 303 g/mol. The molecule has 0 atom stereocenters. The van der Waals surface area contributed by atoms with Gasteiger partial charge in [0, 0.05) is 18.9 Å². The molecule has 0 spiro atoms. The van der Waals surface area contributed by atoms with E-state index in [4.69, 9.17) is 9.15 Å². The molecule has 6 heteroatoms. The van der Waals surface area contributed by atoms with Gasteiger partial charge in [0.2, 0.25) is 17.7 Å². The second-order valence-electron chi connectivity index (χ2n) is 5.20. The lowest BCUT2D eigenvalue weighted by atomic mass is 10.2. The van der Waals surface area contributed by atoms with Crippen molar-refractivity contribution in [3.63, 3.8) is 0 Å². The van der Waals surface area contributed by atoms with Crippen LogP contribution in [0.3, 0.4) is 0 Å². The maximum atomic E-state index is 11.7. The maximum absolute atomic E-state index is 11.7. The van der Waals surface area contributed by atoms with Gasteiger partial charge in [0.05, 0.1) is 13.0 Å². The quantitative estimate of drug-likeness (QED) is 0.810. The molecule has 22 heavy (non-hydrogen) atoms. The van der Waals surface area contributed by atoms with Crippen LogP contribution in [0.15, 0.2) is 34.7 Å². The third kappa shape index (κ3) is 5.20. The fourth-order valence-electron chi connectivity index (χ4n) is 1.78. The molecule has 0 aliphatic carbocycles. The predicted octanol–water partition coefficient (Wildman–Crippen LogP) is 2.32. The minimum atomic E-state index is -0.0560. The number of carbonyl (C=O) groups excluding carboxylic acids is 1. The molecule has 118 valence electrons. The van der Waals surface area contributed by atoms with E-state index in [1.165, 1.54) is 0 Å². The lowest BCUT2D eigenvalue weighted by Crippen LogP contribution is -2.27. The van der Waals surface area contributed by atoms with Gasteiger partial charge in [0.25, 0.3) is 0 Å². The highest BCUT2D eigenvalue weighted by molar-refractivity contribution is 5.75. The zero-order chi connectivity index (χ0) is 15.8. The Labute approximate surface area is 129 Å². The molecule has 1 aromatic carbocycles. The van der Waals surface area contributed by atoms with E-state index in [1.54, 1.807) is 0 Å². The van der Waals surface area contributed by atoms with Crippen LogP contribution in [0.2, 0.25) is 0 Å². The molecule has 1 amide bonds. The van der Waals surface area contributed by atoms with Crippen LogP contribution in [0.5, 0.6) is 5.75 Å². The van der Waals surface area contributed by atoms with Crippen molar-refractivity contribution in [2.45, 2.75) is 32.6 Å². The van der Waals surface area contributed by atoms with E-state index in [2.05, 4.69) is 15.5 Å². The number of hydrogen-bond acceptors (Lipinski definition) is 5. The Hall–Kier alpha value is -2.37. The first-order valence-electron chi connectivity index (χ1n) is 7.42. The normalized spacial score (nSPS) is 10.7. The van der Waals surface area contributed by atoms with Crippen molar-refractivity contribution in [1.29, 1.82) is 0 Å². The average Bonchev–Trinajstić information content (AvgIpc) is 2.97. The monoisotopic (exact) mass is 303 g/mol. The second kappa shape index (κ2) is 8.17. The highest BCUT2D eigenvalue weighted by atomic mass is 16.5. The van der Waals surface area contributed by atoms with Gasteiger partial charge in [0.15, 0.2) is 0 Å². The maximum Gasteiger partial charge on any atom is 0.223 e. The number of nitrogens with one attached hydrogen (secondary N) is 1. The predicted molar refractivity (Wildman–Crippen MR) is 81.7 cm³/mol. The van der Waals surface area contributed by atoms with E-state index in [0.717, 1.165) is 5.75 Å². The van der Waals surface area contributed by atoms with Crippen LogP contribution in [0, 0.1) is 0 Å². The first-order chi connectivity index (χ1) is 10.6. The molecule has 0 saturated heterocycles. The molecule has 1 aromatic heterocycles. The fraction of sp³-hybridized carbons (Fsp3) is 0.438. The number of para-hydroxylation sites is 1. The highest BCUT2D eigenvalue weighted by Gasteiger charge is 2.09. The van der Waals surface area contributed by atoms with Crippen LogP contribution in [-0.2, 0) is 11.2 Å². The third-order valence-corrected chi connectivity index (χ3v) is 2.98. The summed E-state index contributed by atoms with van der Waals surface area (Å²) >= 11 is 0. The van der Waals surface area contributed by atoms with Gasteiger partial charge < -0.3 is 14.5 Å². The molecular formula is C16H21N3O3. The smallest absolute Gasteiger partial charge is 0.223 e. The van der Waals surface area contributed by atoms with Crippen molar-refractivity contribution >= 4 is 5.91 Å². The Kier molecular flexibility index (Phi) is 5.94. The molecule has 0 unspecified atom stereocenters. The molecule has 0 bridgehead atoms. The van der Waals surface area contributed by atoms with E-state index in [1.807, 2.05) is 44.2 Å². The minimum Gasteiger partial charge on any atom is -0.493 e. The van der Waals surface area contributed by atoms with Crippen LogP contribution in [0.4, 0.5) is 0 Å². The second-order valence-corrected chi connectivity index (χ2v) is 5.20. The molecule has 0 saturated carbocycles. The van der Waals surface area contributed by atoms with E-state index >= 15 is 0 Å². The summed E-state index contributed by atoms with van der Waals surface area (Å²) in [5.74, 6) is 2.09. The van der Waals surface area contributed by atoms with Crippen molar-refractivity contribution in [3.8, 4) is 5.75 Å². The first-order valence-corrected chi connectivity index (χ1v) is 7.42. The fourth-order valence-corrected chi connectivity index (χ4v) is 1.78. The minimum absolute atomic E-state index is 0.0560. The molecule has 2 rings (SSSR count). The molecule has 2 aromatic rings. The summed E-state index contributed by atoms with van der Waals surface area (Å²) in [6.45, 7) is 4.81.